The van der Waals surface area contributed by atoms with Crippen LogP contribution in [-0.4, -0.2) is 9.85 Å². The smallest absolute Gasteiger partial charge is 0.302 e. The van der Waals surface area contributed by atoms with Gasteiger partial charge >= 0.3 is 5.69 Å². The van der Waals surface area contributed by atoms with E-state index in [2.05, 4.69) is 0 Å². The van der Waals surface area contributed by atoms with E-state index in [-0.39, 0.29) is 11.4 Å². The van der Waals surface area contributed by atoms with E-state index in [1.807, 2.05) is 0 Å². The van der Waals surface area contributed by atoms with Crippen molar-refractivity contribution in [2.45, 2.75) is 13.3 Å². The van der Waals surface area contributed by atoms with Crippen LogP contribution in [-0.2, 0) is 6.42 Å². The summed E-state index contributed by atoms with van der Waals surface area (Å²) in [5, 5.41) is 21.2. The van der Waals surface area contributed by atoms with Crippen molar-refractivity contribution in [3.05, 3.63) is 37.9 Å². The first-order valence-corrected chi connectivity index (χ1v) is 4.19. The summed E-state index contributed by atoms with van der Waals surface area (Å²) < 4.78 is 0. The Labute approximate surface area is 84.8 Å². The summed E-state index contributed by atoms with van der Waals surface area (Å²) in [5.41, 5.74) is 4.58. The maximum absolute atomic E-state index is 10.7. The fourth-order valence-electron chi connectivity index (χ4n) is 1.30. The van der Waals surface area contributed by atoms with Crippen molar-refractivity contribution in [2.75, 3.05) is 5.73 Å². The maximum Gasteiger partial charge on any atom is 0.302 e. The zero-order valence-corrected chi connectivity index (χ0v) is 7.97. The largest absolute Gasteiger partial charge is 0.387 e. The number of aryl methyl sites for hydroxylation is 1. The van der Waals surface area contributed by atoms with Crippen LogP contribution in [0.15, 0.2) is 12.1 Å². The van der Waals surface area contributed by atoms with Gasteiger partial charge in [0.2, 0.25) is 0 Å². The lowest BCUT2D eigenvalue weighted by atomic mass is 10.1. The van der Waals surface area contributed by atoms with Crippen LogP contribution in [0.5, 0.6) is 0 Å². The predicted octanol–water partition coefficient (Wildman–Crippen LogP) is 1.65. The molecule has 0 amide bonds. The first-order chi connectivity index (χ1) is 6.99. The summed E-state index contributed by atoms with van der Waals surface area (Å²) >= 11 is 0. The van der Waals surface area contributed by atoms with Gasteiger partial charge in [-0.15, -0.1) is 0 Å². The van der Waals surface area contributed by atoms with E-state index < -0.39 is 15.5 Å². The Morgan fingerprint density at radius 2 is 1.87 bits per heavy atom. The number of nitrogen functional groups attached to an aromatic ring is 1. The number of nitrogens with two attached hydrogens (primary N) is 1. The highest BCUT2D eigenvalue weighted by Crippen LogP contribution is 2.34. The SMILES string of the molecule is CCc1ccc([N+](=O)[O-])c(N)c1[N+](=O)[O-]. The Hall–Kier alpha value is -2.18. The third kappa shape index (κ3) is 1.85. The third-order valence-corrected chi connectivity index (χ3v) is 2.04. The number of anilines is 1. The molecule has 80 valence electrons. The van der Waals surface area contributed by atoms with Crippen LogP contribution in [0.3, 0.4) is 0 Å². The molecule has 0 bridgehead atoms. The molecule has 0 aliphatic rings. The second kappa shape index (κ2) is 3.91. The molecule has 0 spiro atoms. The molecule has 0 saturated carbocycles. The first kappa shape index (κ1) is 10.9. The van der Waals surface area contributed by atoms with E-state index in [4.69, 9.17) is 5.73 Å². The third-order valence-electron chi connectivity index (χ3n) is 2.04. The molecule has 7 heteroatoms. The lowest BCUT2D eigenvalue weighted by molar-refractivity contribution is -0.392. The van der Waals surface area contributed by atoms with Gasteiger partial charge in [-0.3, -0.25) is 20.2 Å². The molecular weight excluding hydrogens is 202 g/mol. The van der Waals surface area contributed by atoms with E-state index in [1.54, 1.807) is 6.92 Å². The van der Waals surface area contributed by atoms with Crippen molar-refractivity contribution in [3.63, 3.8) is 0 Å². The second-order valence-corrected chi connectivity index (χ2v) is 2.87. The van der Waals surface area contributed by atoms with Crippen molar-refractivity contribution in [1.29, 1.82) is 0 Å². The molecule has 0 atom stereocenters. The zero-order valence-electron chi connectivity index (χ0n) is 7.97. The molecule has 0 unspecified atom stereocenters. The second-order valence-electron chi connectivity index (χ2n) is 2.87. The molecule has 0 aromatic heterocycles. The molecule has 7 nitrogen and oxygen atoms in total. The monoisotopic (exact) mass is 211 g/mol. The normalized spacial score (nSPS) is 9.93. The highest BCUT2D eigenvalue weighted by Gasteiger charge is 2.25. The summed E-state index contributed by atoms with van der Waals surface area (Å²) in [5.74, 6) is 0. The van der Waals surface area contributed by atoms with Crippen LogP contribution in [0.2, 0.25) is 0 Å². The first-order valence-electron chi connectivity index (χ1n) is 4.19. The van der Waals surface area contributed by atoms with Gasteiger partial charge in [0.05, 0.1) is 9.85 Å². The summed E-state index contributed by atoms with van der Waals surface area (Å²) in [4.78, 5) is 19.8. The van der Waals surface area contributed by atoms with Gasteiger partial charge in [-0.2, -0.15) is 0 Å². The van der Waals surface area contributed by atoms with Gasteiger partial charge in [-0.25, -0.2) is 0 Å². The average Bonchev–Trinajstić information content (AvgIpc) is 2.15. The standard InChI is InChI=1S/C8H9N3O4/c1-2-5-3-4-6(10(12)13)7(9)8(5)11(14)15/h3-4H,2,9H2,1H3. The fourth-order valence-corrected chi connectivity index (χ4v) is 1.30. The van der Waals surface area contributed by atoms with Gasteiger partial charge in [-0.05, 0) is 12.5 Å². The Morgan fingerprint density at radius 3 is 2.27 bits per heavy atom. The van der Waals surface area contributed by atoms with E-state index >= 15 is 0 Å². The number of rotatable bonds is 3. The lowest BCUT2D eigenvalue weighted by Crippen LogP contribution is -2.03. The fraction of sp³-hybridized carbons (Fsp3) is 0.250. The topological polar surface area (TPSA) is 112 Å². The van der Waals surface area contributed by atoms with Crippen molar-refractivity contribution in [3.8, 4) is 0 Å². The van der Waals surface area contributed by atoms with Crippen LogP contribution < -0.4 is 5.73 Å². The molecule has 0 fully saturated rings. The Bertz CT molecular complexity index is 430. The molecule has 0 heterocycles. The predicted molar refractivity (Wildman–Crippen MR) is 53.5 cm³/mol. The van der Waals surface area contributed by atoms with Gasteiger partial charge < -0.3 is 5.73 Å². The summed E-state index contributed by atoms with van der Waals surface area (Å²) in [6, 6.07) is 2.54. The molecule has 0 radical (unpaired) electrons. The van der Waals surface area contributed by atoms with Crippen LogP contribution >= 0.6 is 0 Å². The molecule has 2 N–H and O–H groups in total. The van der Waals surface area contributed by atoms with Crippen molar-refractivity contribution >= 4 is 17.1 Å². The summed E-state index contributed by atoms with van der Waals surface area (Å²) in [7, 11) is 0. The van der Waals surface area contributed by atoms with Gasteiger partial charge in [0.25, 0.3) is 5.69 Å². The molecule has 1 aromatic rings. The quantitative estimate of drug-likeness (QED) is 0.464. The summed E-state index contributed by atoms with van der Waals surface area (Å²) in [6.07, 6.45) is 0.401. The summed E-state index contributed by atoms with van der Waals surface area (Å²) in [6.45, 7) is 1.72. The van der Waals surface area contributed by atoms with Crippen LogP contribution in [0.25, 0.3) is 0 Å². The molecule has 0 aliphatic heterocycles. The highest BCUT2D eigenvalue weighted by atomic mass is 16.6. The maximum atomic E-state index is 10.7. The van der Waals surface area contributed by atoms with Crippen molar-refractivity contribution in [1.82, 2.24) is 0 Å². The van der Waals surface area contributed by atoms with Crippen molar-refractivity contribution < 1.29 is 9.85 Å². The van der Waals surface area contributed by atoms with E-state index in [9.17, 15) is 20.2 Å². The number of nitrogens with zero attached hydrogens (tertiary/aromatic N) is 2. The van der Waals surface area contributed by atoms with E-state index in [0.717, 1.165) is 0 Å². The van der Waals surface area contributed by atoms with Gasteiger partial charge in [0, 0.05) is 11.6 Å². The number of benzene rings is 1. The van der Waals surface area contributed by atoms with Crippen LogP contribution in [0.1, 0.15) is 12.5 Å². The Kier molecular flexibility index (Phi) is 2.84. The highest BCUT2D eigenvalue weighted by molar-refractivity contribution is 5.73. The van der Waals surface area contributed by atoms with Crippen LogP contribution in [0.4, 0.5) is 17.1 Å². The Morgan fingerprint density at radius 1 is 1.27 bits per heavy atom. The molecule has 15 heavy (non-hydrogen) atoms. The van der Waals surface area contributed by atoms with Gasteiger partial charge in [0.1, 0.15) is 0 Å². The number of nitro benzene ring substituents is 2. The molecule has 0 aliphatic carbocycles. The van der Waals surface area contributed by atoms with Crippen LogP contribution in [0, 0.1) is 20.2 Å². The number of hydrogen-bond donors (Lipinski definition) is 1. The lowest BCUT2D eigenvalue weighted by Gasteiger charge is -2.03. The minimum atomic E-state index is -0.734. The van der Waals surface area contributed by atoms with Gasteiger partial charge in [-0.1, -0.05) is 6.92 Å². The van der Waals surface area contributed by atoms with Gasteiger partial charge in [0.15, 0.2) is 5.69 Å². The van der Waals surface area contributed by atoms with Crippen molar-refractivity contribution in [2.24, 2.45) is 0 Å². The molecule has 0 saturated heterocycles. The molecular formula is C8H9N3O4. The zero-order chi connectivity index (χ0) is 11.6. The molecule has 1 rings (SSSR count). The van der Waals surface area contributed by atoms with E-state index in [0.29, 0.717) is 12.0 Å². The Balaban J connectivity index is 3.49. The number of hydrogen-bond acceptors (Lipinski definition) is 5. The minimum Gasteiger partial charge on any atom is -0.387 e. The molecule has 1 aromatic carbocycles. The number of nitro groups is 2. The average molecular weight is 211 g/mol. The minimum absolute atomic E-state index is 0.369. The van der Waals surface area contributed by atoms with E-state index in [1.165, 1.54) is 12.1 Å².